The van der Waals surface area contributed by atoms with Crippen molar-refractivity contribution in [3.8, 4) is 0 Å². The first-order valence-corrected chi connectivity index (χ1v) is 8.62. The maximum Gasteiger partial charge on any atom is 0.313 e. The van der Waals surface area contributed by atoms with Crippen LogP contribution in [0.15, 0.2) is 30.3 Å². The molecule has 1 aromatic carbocycles. The summed E-state index contributed by atoms with van der Waals surface area (Å²) in [6, 6.07) is 10.2. The van der Waals surface area contributed by atoms with Gasteiger partial charge in [0.05, 0.1) is 26.6 Å². The molecule has 1 aliphatic carbocycles. The summed E-state index contributed by atoms with van der Waals surface area (Å²) in [5.74, 6) is 0.332. The lowest BCUT2D eigenvalue weighted by atomic mass is 9.85. The molecule has 1 saturated carbocycles. The summed E-state index contributed by atoms with van der Waals surface area (Å²) in [6.07, 6.45) is 5.67. The van der Waals surface area contributed by atoms with Crippen molar-refractivity contribution < 1.29 is 14.4 Å². The van der Waals surface area contributed by atoms with Crippen LogP contribution in [0.4, 0.5) is 0 Å². The van der Waals surface area contributed by atoms with Crippen LogP contribution in [0.5, 0.6) is 0 Å². The van der Waals surface area contributed by atoms with E-state index in [1.807, 2.05) is 25.1 Å². The van der Waals surface area contributed by atoms with Crippen molar-refractivity contribution >= 4 is 5.97 Å². The smallest absolute Gasteiger partial charge is 0.313 e. The Balaban J connectivity index is 2.03. The molecule has 22 heavy (non-hydrogen) atoms. The van der Waals surface area contributed by atoms with Gasteiger partial charge in [0, 0.05) is 6.42 Å². The van der Waals surface area contributed by atoms with Gasteiger partial charge in [-0.3, -0.25) is 4.79 Å². The molecule has 0 aliphatic heterocycles. The Bertz CT molecular complexity index is 452. The molecular formula is C19H30NO2+. The zero-order valence-corrected chi connectivity index (χ0v) is 14.2. The first-order chi connectivity index (χ1) is 10.6. The van der Waals surface area contributed by atoms with Gasteiger partial charge in [0.15, 0.2) is 0 Å². The van der Waals surface area contributed by atoms with E-state index in [9.17, 15) is 4.79 Å². The summed E-state index contributed by atoms with van der Waals surface area (Å²) >= 11 is 0. The monoisotopic (exact) mass is 304 g/mol. The molecule has 0 spiro atoms. The second kappa shape index (κ2) is 8.33. The van der Waals surface area contributed by atoms with Gasteiger partial charge < -0.3 is 9.64 Å². The highest BCUT2D eigenvalue weighted by Gasteiger charge is 2.33. The first kappa shape index (κ1) is 17.0. The van der Waals surface area contributed by atoms with Crippen LogP contribution >= 0.6 is 0 Å². The van der Waals surface area contributed by atoms with Gasteiger partial charge in [0.2, 0.25) is 0 Å². The molecule has 1 N–H and O–H groups in total. The topological polar surface area (TPSA) is 30.7 Å². The molecule has 0 amide bonds. The Morgan fingerprint density at radius 2 is 1.86 bits per heavy atom. The molecule has 2 rings (SSSR count). The Labute approximate surface area is 134 Å². The molecule has 0 saturated heterocycles. The zero-order chi connectivity index (χ0) is 15.9. The van der Waals surface area contributed by atoms with Gasteiger partial charge >= 0.3 is 5.97 Å². The highest BCUT2D eigenvalue weighted by Crippen LogP contribution is 2.38. The van der Waals surface area contributed by atoms with Gasteiger partial charge in [-0.15, -0.1) is 0 Å². The fraction of sp³-hybridized carbons (Fsp3) is 0.632. The van der Waals surface area contributed by atoms with E-state index in [2.05, 4.69) is 26.2 Å². The van der Waals surface area contributed by atoms with Gasteiger partial charge in [-0.2, -0.15) is 0 Å². The minimum Gasteiger partial charge on any atom is -0.462 e. The van der Waals surface area contributed by atoms with Gasteiger partial charge in [-0.1, -0.05) is 43.2 Å². The van der Waals surface area contributed by atoms with Crippen LogP contribution in [0.25, 0.3) is 0 Å². The van der Waals surface area contributed by atoms with Crippen LogP contribution in [-0.4, -0.2) is 32.7 Å². The van der Waals surface area contributed by atoms with Crippen molar-refractivity contribution in [2.45, 2.75) is 51.0 Å². The molecule has 0 aromatic heterocycles. The van der Waals surface area contributed by atoms with Gasteiger partial charge in [-0.05, 0) is 31.2 Å². The lowest BCUT2D eigenvalue weighted by molar-refractivity contribution is -0.858. The van der Waals surface area contributed by atoms with E-state index >= 15 is 0 Å². The molecule has 3 nitrogen and oxygen atoms in total. The number of carbonyl (C=O) groups excluding carboxylic acids is 1. The molecule has 1 aliphatic rings. The standard InChI is InChI=1S/C19H29NO2/c1-15(13-14-20(2)3)22-19(21)18(17-11-7-8-12-17)16-9-5-4-6-10-16/h4-6,9-10,15,17-18H,7-8,11-14H2,1-3H3/p+1. The molecule has 3 heteroatoms. The average Bonchev–Trinajstić information content (AvgIpc) is 3.00. The minimum atomic E-state index is -0.0853. The molecular weight excluding hydrogens is 274 g/mol. The number of hydrogen-bond donors (Lipinski definition) is 1. The Morgan fingerprint density at radius 3 is 2.45 bits per heavy atom. The van der Waals surface area contributed by atoms with E-state index in [0.717, 1.165) is 31.4 Å². The van der Waals surface area contributed by atoms with E-state index in [-0.39, 0.29) is 18.0 Å². The number of benzene rings is 1. The average molecular weight is 304 g/mol. The number of rotatable bonds is 7. The maximum absolute atomic E-state index is 12.8. The third-order valence-electron chi connectivity index (χ3n) is 4.65. The second-order valence-corrected chi connectivity index (χ2v) is 6.93. The number of ether oxygens (including phenoxy) is 1. The summed E-state index contributed by atoms with van der Waals surface area (Å²) in [5.41, 5.74) is 1.12. The van der Waals surface area contributed by atoms with Crippen LogP contribution in [-0.2, 0) is 9.53 Å². The summed E-state index contributed by atoms with van der Waals surface area (Å²) in [4.78, 5) is 14.1. The Morgan fingerprint density at radius 1 is 1.23 bits per heavy atom. The predicted octanol–water partition coefficient (Wildman–Crippen LogP) is 2.43. The van der Waals surface area contributed by atoms with E-state index in [1.165, 1.54) is 17.7 Å². The highest BCUT2D eigenvalue weighted by molar-refractivity contribution is 5.78. The highest BCUT2D eigenvalue weighted by atomic mass is 16.5. The van der Waals surface area contributed by atoms with Crippen LogP contribution in [0.2, 0.25) is 0 Å². The molecule has 0 heterocycles. The number of quaternary nitrogens is 1. The number of nitrogens with one attached hydrogen (secondary N) is 1. The quantitative estimate of drug-likeness (QED) is 0.784. The molecule has 1 aromatic rings. The second-order valence-electron chi connectivity index (χ2n) is 6.93. The normalized spacial score (nSPS) is 18.4. The third kappa shape index (κ3) is 4.84. The van der Waals surface area contributed by atoms with Crippen molar-refractivity contribution in [2.75, 3.05) is 20.6 Å². The summed E-state index contributed by atoms with van der Waals surface area (Å²) in [5, 5.41) is 0. The lowest BCUT2D eigenvalue weighted by Crippen LogP contribution is -3.05. The Hall–Kier alpha value is -1.35. The largest absolute Gasteiger partial charge is 0.462 e. The maximum atomic E-state index is 12.8. The Kier molecular flexibility index (Phi) is 6.44. The fourth-order valence-electron chi connectivity index (χ4n) is 3.37. The molecule has 0 bridgehead atoms. The van der Waals surface area contributed by atoms with E-state index < -0.39 is 0 Å². The van der Waals surface area contributed by atoms with Crippen LogP contribution in [0.3, 0.4) is 0 Å². The lowest BCUT2D eigenvalue weighted by Gasteiger charge is -2.24. The predicted molar refractivity (Wildman–Crippen MR) is 89.0 cm³/mol. The van der Waals surface area contributed by atoms with Crippen molar-refractivity contribution in [3.05, 3.63) is 35.9 Å². The molecule has 0 radical (unpaired) electrons. The van der Waals surface area contributed by atoms with Crippen molar-refractivity contribution in [2.24, 2.45) is 5.92 Å². The van der Waals surface area contributed by atoms with Crippen molar-refractivity contribution in [1.29, 1.82) is 0 Å². The molecule has 122 valence electrons. The van der Waals surface area contributed by atoms with Crippen molar-refractivity contribution in [1.82, 2.24) is 0 Å². The van der Waals surface area contributed by atoms with Gasteiger partial charge in [-0.25, -0.2) is 0 Å². The van der Waals surface area contributed by atoms with Crippen LogP contribution in [0.1, 0.15) is 50.5 Å². The van der Waals surface area contributed by atoms with Gasteiger partial charge in [0.1, 0.15) is 6.10 Å². The molecule has 2 atom stereocenters. The fourth-order valence-corrected chi connectivity index (χ4v) is 3.37. The summed E-state index contributed by atoms with van der Waals surface area (Å²) in [6.45, 7) is 3.03. The molecule has 2 unspecified atom stereocenters. The zero-order valence-electron chi connectivity index (χ0n) is 14.2. The van der Waals surface area contributed by atoms with E-state index in [1.54, 1.807) is 0 Å². The first-order valence-electron chi connectivity index (χ1n) is 8.62. The third-order valence-corrected chi connectivity index (χ3v) is 4.65. The summed E-state index contributed by atoms with van der Waals surface area (Å²) in [7, 11) is 4.25. The molecule has 1 fully saturated rings. The van der Waals surface area contributed by atoms with Crippen LogP contribution < -0.4 is 4.90 Å². The van der Waals surface area contributed by atoms with Crippen LogP contribution in [0, 0.1) is 5.92 Å². The number of esters is 1. The SMILES string of the molecule is CC(CC[NH+](C)C)OC(=O)C(c1ccccc1)C1CCCC1. The minimum absolute atomic E-state index is 0.00462. The summed E-state index contributed by atoms with van der Waals surface area (Å²) < 4.78 is 5.78. The van der Waals surface area contributed by atoms with E-state index in [4.69, 9.17) is 4.74 Å². The number of hydrogen-bond acceptors (Lipinski definition) is 2. The van der Waals surface area contributed by atoms with Crippen molar-refractivity contribution in [3.63, 3.8) is 0 Å². The van der Waals surface area contributed by atoms with E-state index in [0.29, 0.717) is 5.92 Å². The van der Waals surface area contributed by atoms with Gasteiger partial charge in [0.25, 0.3) is 0 Å². The number of carbonyl (C=O) groups is 1.